The van der Waals surface area contributed by atoms with Crippen LogP contribution in [0.3, 0.4) is 0 Å². The maximum absolute atomic E-state index is 13.4. The molecular formula is C22H31FN6O3S. The molecule has 2 aromatic rings. The number of hydrogen-bond donors (Lipinski definition) is 2. The molecule has 11 heteroatoms. The molecule has 0 spiro atoms. The molecule has 180 valence electrons. The normalized spacial score (nSPS) is 15.8. The lowest BCUT2D eigenvalue weighted by Gasteiger charge is -2.27. The van der Waals surface area contributed by atoms with Gasteiger partial charge in [0.15, 0.2) is 11.0 Å². The number of morpholine rings is 1. The molecule has 2 N–H and O–H groups in total. The van der Waals surface area contributed by atoms with Crippen molar-refractivity contribution in [1.29, 1.82) is 0 Å². The van der Waals surface area contributed by atoms with Crippen LogP contribution in [0.2, 0.25) is 0 Å². The minimum Gasteiger partial charge on any atom is -0.379 e. The molecule has 1 aromatic heterocycles. The van der Waals surface area contributed by atoms with Gasteiger partial charge in [0.05, 0.1) is 18.5 Å². The van der Waals surface area contributed by atoms with Crippen LogP contribution in [0.4, 0.5) is 9.18 Å². The molecule has 3 rings (SSSR count). The number of aromatic nitrogens is 3. The molecule has 1 unspecified atom stereocenters. The second-order valence-corrected chi connectivity index (χ2v) is 10.2. The quantitative estimate of drug-likeness (QED) is 0.590. The summed E-state index contributed by atoms with van der Waals surface area (Å²) in [7, 11) is 0. The zero-order valence-corrected chi connectivity index (χ0v) is 20.2. The summed E-state index contributed by atoms with van der Waals surface area (Å²) in [6, 6.07) is 5.54. The van der Waals surface area contributed by atoms with Gasteiger partial charge in [-0.15, -0.1) is 10.2 Å². The number of nitrogens with zero attached hydrogens (tertiary/aromatic N) is 4. The van der Waals surface area contributed by atoms with Crippen LogP contribution in [0.25, 0.3) is 11.4 Å². The number of hydrogen-bond acceptors (Lipinski definition) is 7. The van der Waals surface area contributed by atoms with Crippen LogP contribution in [0.15, 0.2) is 29.4 Å². The number of amides is 3. The van der Waals surface area contributed by atoms with Crippen LogP contribution >= 0.6 is 11.8 Å². The van der Waals surface area contributed by atoms with E-state index in [0.717, 1.165) is 25.2 Å². The number of thioether (sulfide) groups is 1. The SMILES string of the molecule is CC(Sc1nnc(-c2ccc(F)cc2)n1CCN1CCOCC1)C(=O)NC(=O)NC(C)(C)C. The van der Waals surface area contributed by atoms with Gasteiger partial charge in [-0.1, -0.05) is 11.8 Å². The summed E-state index contributed by atoms with van der Waals surface area (Å²) in [5.74, 6) is -0.150. The predicted molar refractivity (Wildman–Crippen MR) is 124 cm³/mol. The van der Waals surface area contributed by atoms with E-state index < -0.39 is 22.7 Å². The van der Waals surface area contributed by atoms with Crippen LogP contribution in [0.5, 0.6) is 0 Å². The van der Waals surface area contributed by atoms with E-state index in [0.29, 0.717) is 30.7 Å². The Morgan fingerprint density at radius 1 is 1.15 bits per heavy atom. The van der Waals surface area contributed by atoms with Crippen molar-refractivity contribution in [2.24, 2.45) is 0 Å². The zero-order valence-electron chi connectivity index (χ0n) is 19.4. The Balaban J connectivity index is 1.74. The summed E-state index contributed by atoms with van der Waals surface area (Å²) in [5.41, 5.74) is 0.282. The summed E-state index contributed by atoms with van der Waals surface area (Å²) in [6.45, 7) is 11.7. The van der Waals surface area contributed by atoms with Crippen molar-refractivity contribution in [2.45, 2.75) is 50.2 Å². The van der Waals surface area contributed by atoms with Crippen LogP contribution in [0.1, 0.15) is 27.7 Å². The fourth-order valence-corrected chi connectivity index (χ4v) is 4.13. The van der Waals surface area contributed by atoms with Crippen molar-refractivity contribution in [3.8, 4) is 11.4 Å². The Labute approximate surface area is 197 Å². The molecular weight excluding hydrogens is 447 g/mol. The number of carbonyl (C=O) groups excluding carboxylic acids is 2. The second kappa shape index (κ2) is 11.1. The summed E-state index contributed by atoms with van der Waals surface area (Å²) < 4.78 is 20.8. The minimum absolute atomic E-state index is 0.327. The van der Waals surface area contributed by atoms with Gasteiger partial charge in [0.1, 0.15) is 5.82 Å². The number of nitrogens with one attached hydrogen (secondary N) is 2. The van der Waals surface area contributed by atoms with Crippen molar-refractivity contribution in [1.82, 2.24) is 30.3 Å². The lowest BCUT2D eigenvalue weighted by molar-refractivity contribution is -0.119. The predicted octanol–water partition coefficient (Wildman–Crippen LogP) is 2.52. The maximum Gasteiger partial charge on any atom is 0.321 e. The summed E-state index contributed by atoms with van der Waals surface area (Å²) in [6.07, 6.45) is 0. The van der Waals surface area contributed by atoms with Crippen LogP contribution < -0.4 is 10.6 Å². The van der Waals surface area contributed by atoms with E-state index in [1.807, 2.05) is 25.3 Å². The monoisotopic (exact) mass is 478 g/mol. The Kier molecular flexibility index (Phi) is 8.44. The minimum atomic E-state index is -0.580. The molecule has 1 atom stereocenters. The van der Waals surface area contributed by atoms with E-state index >= 15 is 0 Å². The molecule has 0 aliphatic carbocycles. The van der Waals surface area contributed by atoms with Gasteiger partial charge >= 0.3 is 6.03 Å². The van der Waals surface area contributed by atoms with E-state index in [4.69, 9.17) is 4.74 Å². The molecule has 2 heterocycles. The third-order valence-electron chi connectivity index (χ3n) is 4.94. The molecule has 0 bridgehead atoms. The topological polar surface area (TPSA) is 101 Å². The van der Waals surface area contributed by atoms with Gasteiger partial charge in [-0.2, -0.15) is 0 Å². The van der Waals surface area contributed by atoms with E-state index in [2.05, 4.69) is 25.7 Å². The van der Waals surface area contributed by atoms with Gasteiger partial charge in [-0.25, -0.2) is 9.18 Å². The summed E-state index contributed by atoms with van der Waals surface area (Å²) >= 11 is 1.22. The van der Waals surface area contributed by atoms with Crippen LogP contribution in [-0.4, -0.2) is 75.2 Å². The fraction of sp³-hybridized carbons (Fsp3) is 0.545. The van der Waals surface area contributed by atoms with Crippen molar-refractivity contribution >= 4 is 23.7 Å². The lowest BCUT2D eigenvalue weighted by atomic mass is 10.1. The average molecular weight is 479 g/mol. The first-order valence-corrected chi connectivity index (χ1v) is 11.8. The highest BCUT2D eigenvalue weighted by atomic mass is 32.2. The first-order chi connectivity index (χ1) is 15.6. The van der Waals surface area contributed by atoms with E-state index in [1.165, 1.54) is 23.9 Å². The number of halogens is 1. The highest BCUT2D eigenvalue weighted by Gasteiger charge is 2.24. The van der Waals surface area contributed by atoms with Crippen LogP contribution in [0, 0.1) is 5.82 Å². The number of urea groups is 1. The third-order valence-corrected chi connectivity index (χ3v) is 6.02. The van der Waals surface area contributed by atoms with Crippen LogP contribution in [-0.2, 0) is 16.1 Å². The van der Waals surface area contributed by atoms with Crippen molar-refractivity contribution in [3.63, 3.8) is 0 Å². The standard InChI is InChI=1S/C22H31FN6O3S/c1-15(19(30)24-20(31)25-22(2,3)4)33-21-27-26-18(16-5-7-17(23)8-6-16)29(21)10-9-28-11-13-32-14-12-28/h5-8,15H,9-14H2,1-4H3,(H2,24,25,30,31). The Bertz CT molecular complexity index is 954. The van der Waals surface area contributed by atoms with Gasteiger partial charge in [0, 0.05) is 37.3 Å². The Hall–Kier alpha value is -2.50. The van der Waals surface area contributed by atoms with E-state index in [1.54, 1.807) is 19.1 Å². The van der Waals surface area contributed by atoms with Gasteiger partial charge in [0.2, 0.25) is 5.91 Å². The Morgan fingerprint density at radius 2 is 1.82 bits per heavy atom. The molecule has 33 heavy (non-hydrogen) atoms. The zero-order chi connectivity index (χ0) is 24.0. The first kappa shape index (κ1) is 25.1. The smallest absolute Gasteiger partial charge is 0.321 e. The highest BCUT2D eigenvalue weighted by Crippen LogP contribution is 2.27. The number of ether oxygens (including phenoxy) is 1. The second-order valence-electron chi connectivity index (χ2n) is 8.87. The first-order valence-electron chi connectivity index (χ1n) is 10.9. The third kappa shape index (κ3) is 7.51. The van der Waals surface area contributed by atoms with Gasteiger partial charge in [-0.3, -0.25) is 15.0 Å². The number of carbonyl (C=O) groups is 2. The molecule has 1 aliphatic rings. The number of benzene rings is 1. The fourth-order valence-electron chi connectivity index (χ4n) is 3.25. The van der Waals surface area contributed by atoms with Gasteiger partial charge in [0.25, 0.3) is 0 Å². The molecule has 9 nitrogen and oxygen atoms in total. The number of imide groups is 1. The van der Waals surface area contributed by atoms with Crippen molar-refractivity contribution in [2.75, 3.05) is 32.8 Å². The van der Waals surface area contributed by atoms with Crippen molar-refractivity contribution in [3.05, 3.63) is 30.1 Å². The molecule has 0 saturated carbocycles. The molecule has 1 fully saturated rings. The largest absolute Gasteiger partial charge is 0.379 e. The summed E-state index contributed by atoms with van der Waals surface area (Å²) in [4.78, 5) is 26.9. The lowest BCUT2D eigenvalue weighted by Crippen LogP contribution is -2.49. The summed E-state index contributed by atoms with van der Waals surface area (Å²) in [5, 5.41) is 13.7. The highest BCUT2D eigenvalue weighted by molar-refractivity contribution is 8.00. The Morgan fingerprint density at radius 3 is 2.45 bits per heavy atom. The van der Waals surface area contributed by atoms with Crippen molar-refractivity contribution < 1.29 is 18.7 Å². The molecule has 3 amide bonds. The van der Waals surface area contributed by atoms with E-state index in [9.17, 15) is 14.0 Å². The van der Waals surface area contributed by atoms with Gasteiger partial charge in [-0.05, 0) is 52.0 Å². The van der Waals surface area contributed by atoms with E-state index in [-0.39, 0.29) is 5.82 Å². The molecule has 1 aromatic carbocycles. The number of rotatable bonds is 7. The molecule has 1 aliphatic heterocycles. The molecule has 1 saturated heterocycles. The molecule has 0 radical (unpaired) electrons. The van der Waals surface area contributed by atoms with Gasteiger partial charge < -0.3 is 14.6 Å². The average Bonchev–Trinajstić information content (AvgIpc) is 3.14. The maximum atomic E-state index is 13.4.